The molecular formula is C37H38N4O4S. The van der Waals surface area contributed by atoms with Gasteiger partial charge in [-0.2, -0.15) is 0 Å². The topological polar surface area (TPSA) is 123 Å². The van der Waals surface area contributed by atoms with Crippen molar-refractivity contribution in [2.45, 2.75) is 59.9 Å². The number of benzene rings is 2. The van der Waals surface area contributed by atoms with Crippen LogP contribution in [0.3, 0.4) is 0 Å². The molecule has 4 N–H and O–H groups in total. The van der Waals surface area contributed by atoms with Crippen LogP contribution in [-0.4, -0.2) is 36.4 Å². The largest absolute Gasteiger partial charge is 0.464 e. The molecule has 2 aliphatic carbocycles. The van der Waals surface area contributed by atoms with Gasteiger partial charge >= 0.3 is 5.97 Å². The number of aryl methyl sites for hydroxylation is 4. The number of fused-ring (bicyclic) bond motifs is 4. The molecule has 6 rings (SSSR count). The number of carbonyl (C=O) groups is 3. The van der Waals surface area contributed by atoms with Crippen molar-refractivity contribution in [3.05, 3.63) is 97.7 Å². The van der Waals surface area contributed by atoms with Gasteiger partial charge < -0.3 is 21.1 Å². The summed E-state index contributed by atoms with van der Waals surface area (Å²) in [5.41, 5.74) is 17.6. The molecule has 0 bridgehead atoms. The standard InChI is InChI=1S/C37H38N4O4S/c1-6-10-39-36(43)32-21(4)14-28(33(40-32)37(44)45-5)27-16-26-25-15-24(25)8-7-23-9-11-46-34(23)29(26)17-30(27)35(42)41-31-19(2)12-22(18-38)13-20(31)3/h9,11-14,16-17H,6-8,10,15,18,38H2,1-5H3,(H,39,43)(H,41,42). The summed E-state index contributed by atoms with van der Waals surface area (Å²) in [4.78, 5) is 46.5. The maximum atomic E-state index is 14.4. The molecule has 2 amide bonds. The smallest absolute Gasteiger partial charge is 0.357 e. The Labute approximate surface area is 273 Å². The number of methoxy groups -OCH3 is 1. The normalized spacial score (nSPS) is 13.2. The van der Waals surface area contributed by atoms with Crippen LogP contribution < -0.4 is 16.4 Å². The van der Waals surface area contributed by atoms with E-state index < -0.39 is 5.97 Å². The number of hydrogen-bond acceptors (Lipinski definition) is 7. The van der Waals surface area contributed by atoms with Gasteiger partial charge in [-0.15, -0.1) is 11.3 Å². The van der Waals surface area contributed by atoms with E-state index in [2.05, 4.69) is 27.1 Å². The van der Waals surface area contributed by atoms with Gasteiger partial charge in [0.25, 0.3) is 11.8 Å². The van der Waals surface area contributed by atoms with E-state index >= 15 is 0 Å². The highest BCUT2D eigenvalue weighted by molar-refractivity contribution is 7.13. The number of allylic oxidation sites excluding steroid dienone is 2. The quantitative estimate of drug-likeness (QED) is 0.177. The molecule has 0 spiro atoms. The number of ether oxygens (including phenoxy) is 1. The zero-order valence-corrected chi connectivity index (χ0v) is 27.7. The summed E-state index contributed by atoms with van der Waals surface area (Å²) in [7, 11) is 1.29. The Bertz CT molecular complexity index is 1930. The van der Waals surface area contributed by atoms with E-state index in [4.69, 9.17) is 10.5 Å². The van der Waals surface area contributed by atoms with Gasteiger partial charge in [0.2, 0.25) is 0 Å². The Morgan fingerprint density at radius 3 is 2.37 bits per heavy atom. The van der Waals surface area contributed by atoms with Crippen LogP contribution in [-0.2, 0) is 17.7 Å². The van der Waals surface area contributed by atoms with Crippen LogP contribution in [0.25, 0.3) is 27.1 Å². The van der Waals surface area contributed by atoms with Crippen LogP contribution in [0.2, 0.25) is 0 Å². The van der Waals surface area contributed by atoms with Crippen LogP contribution in [0.5, 0.6) is 0 Å². The number of aromatic nitrogens is 1. The first-order valence-electron chi connectivity index (χ1n) is 15.6. The van der Waals surface area contributed by atoms with Gasteiger partial charge in [-0.25, -0.2) is 9.78 Å². The SMILES string of the molecule is CCCNC(=O)c1nc(C(=O)OC)c(-c2cc3c(cc2C(=O)Nc2c(C)cc(CN)cc2C)-c2sccc2CCC2=C3C2)cc1C. The van der Waals surface area contributed by atoms with Crippen LogP contribution in [0.1, 0.15) is 90.9 Å². The number of nitrogens with zero attached hydrogens (tertiary/aromatic N) is 1. The molecule has 0 radical (unpaired) electrons. The molecule has 2 aromatic carbocycles. The Morgan fingerprint density at radius 2 is 1.67 bits per heavy atom. The van der Waals surface area contributed by atoms with E-state index in [1.165, 1.54) is 23.8 Å². The summed E-state index contributed by atoms with van der Waals surface area (Å²) >= 11 is 1.67. The Hall–Kier alpha value is -4.60. The molecule has 0 fully saturated rings. The lowest BCUT2D eigenvalue weighted by Crippen LogP contribution is -2.27. The maximum Gasteiger partial charge on any atom is 0.357 e. The summed E-state index contributed by atoms with van der Waals surface area (Å²) in [5, 5.41) is 8.12. The van der Waals surface area contributed by atoms with E-state index in [0.29, 0.717) is 41.0 Å². The zero-order chi connectivity index (χ0) is 32.7. The molecule has 0 aliphatic heterocycles. The van der Waals surface area contributed by atoms with Gasteiger partial charge in [0, 0.05) is 40.3 Å². The maximum absolute atomic E-state index is 14.4. The second-order valence-electron chi connectivity index (χ2n) is 12.0. The number of pyridine rings is 1. The second-order valence-corrected chi connectivity index (χ2v) is 13.0. The number of anilines is 1. The lowest BCUT2D eigenvalue weighted by molar-refractivity contribution is 0.0594. The first kappa shape index (κ1) is 31.4. The van der Waals surface area contributed by atoms with E-state index in [0.717, 1.165) is 58.4 Å². The average Bonchev–Trinajstić information content (AvgIpc) is 3.67. The number of esters is 1. The molecule has 2 aromatic heterocycles. The number of nitrogens with one attached hydrogen (secondary N) is 2. The van der Waals surface area contributed by atoms with Gasteiger partial charge in [-0.3, -0.25) is 9.59 Å². The van der Waals surface area contributed by atoms with Gasteiger partial charge in [0.1, 0.15) is 5.69 Å². The van der Waals surface area contributed by atoms with Crippen LogP contribution >= 0.6 is 11.3 Å². The third-order valence-electron chi connectivity index (χ3n) is 8.81. The molecule has 2 aliphatic rings. The van der Waals surface area contributed by atoms with Gasteiger partial charge in [0.15, 0.2) is 5.69 Å². The number of carbonyl (C=O) groups excluding carboxylic acids is 3. The summed E-state index contributed by atoms with van der Waals surface area (Å²) in [6.45, 7) is 8.54. The lowest BCUT2D eigenvalue weighted by atomic mass is 9.88. The van der Waals surface area contributed by atoms with Gasteiger partial charge in [-0.05, 0) is 121 Å². The van der Waals surface area contributed by atoms with Crippen LogP contribution in [0.15, 0.2) is 47.4 Å². The monoisotopic (exact) mass is 634 g/mol. The molecule has 0 unspecified atom stereocenters. The van der Waals surface area contributed by atoms with E-state index in [9.17, 15) is 14.4 Å². The van der Waals surface area contributed by atoms with Crippen molar-refractivity contribution in [1.82, 2.24) is 10.3 Å². The van der Waals surface area contributed by atoms with E-state index in [1.54, 1.807) is 24.3 Å². The second kappa shape index (κ2) is 12.7. The number of hydrogen-bond donors (Lipinski definition) is 3. The summed E-state index contributed by atoms with van der Waals surface area (Å²) in [5.74, 6) is -1.36. The molecule has 0 saturated carbocycles. The molecule has 0 atom stereocenters. The van der Waals surface area contributed by atoms with E-state index in [1.807, 2.05) is 45.0 Å². The van der Waals surface area contributed by atoms with Crippen molar-refractivity contribution in [2.75, 3.05) is 19.0 Å². The first-order valence-corrected chi connectivity index (χ1v) is 16.5. The van der Waals surface area contributed by atoms with Gasteiger partial charge in [-0.1, -0.05) is 24.6 Å². The third-order valence-corrected chi connectivity index (χ3v) is 9.80. The third kappa shape index (κ3) is 5.76. The fraction of sp³-hybridized carbons (Fsp3) is 0.297. The Morgan fingerprint density at radius 1 is 0.913 bits per heavy atom. The number of nitrogens with two attached hydrogens (primary N) is 1. The fourth-order valence-electron chi connectivity index (χ4n) is 6.37. The van der Waals surface area contributed by atoms with Crippen molar-refractivity contribution in [1.29, 1.82) is 0 Å². The summed E-state index contributed by atoms with van der Waals surface area (Å²) in [6, 6.07) is 11.9. The summed E-state index contributed by atoms with van der Waals surface area (Å²) in [6.07, 6.45) is 3.65. The Balaban J connectivity index is 1.59. The van der Waals surface area contributed by atoms with Crippen LogP contribution in [0.4, 0.5) is 5.69 Å². The highest BCUT2D eigenvalue weighted by Gasteiger charge is 2.32. The van der Waals surface area contributed by atoms with Crippen molar-refractivity contribution in [3.8, 4) is 21.6 Å². The van der Waals surface area contributed by atoms with Crippen molar-refractivity contribution in [2.24, 2.45) is 5.73 Å². The minimum Gasteiger partial charge on any atom is -0.464 e. The molecular weight excluding hydrogens is 596 g/mol. The summed E-state index contributed by atoms with van der Waals surface area (Å²) < 4.78 is 5.17. The van der Waals surface area contributed by atoms with Crippen molar-refractivity contribution >= 4 is 40.4 Å². The fourth-order valence-corrected chi connectivity index (χ4v) is 7.35. The molecule has 0 saturated heterocycles. The molecule has 9 heteroatoms. The molecule has 236 valence electrons. The highest BCUT2D eigenvalue weighted by atomic mass is 32.1. The predicted molar refractivity (Wildman–Crippen MR) is 183 cm³/mol. The number of amides is 2. The number of rotatable bonds is 8. The minimum absolute atomic E-state index is 0.0175. The number of thiophene rings is 1. The molecule has 8 nitrogen and oxygen atoms in total. The lowest BCUT2D eigenvalue weighted by Gasteiger charge is -2.20. The van der Waals surface area contributed by atoms with Crippen molar-refractivity contribution < 1.29 is 19.1 Å². The highest BCUT2D eigenvalue weighted by Crippen LogP contribution is 2.51. The van der Waals surface area contributed by atoms with Crippen molar-refractivity contribution in [3.63, 3.8) is 0 Å². The Kier molecular flexibility index (Phi) is 8.63. The zero-order valence-electron chi connectivity index (χ0n) is 26.8. The average molecular weight is 635 g/mol. The first-order chi connectivity index (χ1) is 22.1. The van der Waals surface area contributed by atoms with E-state index in [-0.39, 0.29) is 23.2 Å². The molecule has 46 heavy (non-hydrogen) atoms. The minimum atomic E-state index is -0.687. The molecule has 2 heterocycles. The van der Waals surface area contributed by atoms with Gasteiger partial charge in [0.05, 0.1) is 7.11 Å². The van der Waals surface area contributed by atoms with Crippen LogP contribution in [0, 0.1) is 20.8 Å². The predicted octanol–water partition coefficient (Wildman–Crippen LogP) is 7.14. The molecule has 4 aromatic rings.